The molecule has 0 saturated carbocycles. The van der Waals surface area contributed by atoms with Crippen LogP contribution in [-0.2, 0) is 4.74 Å². The number of aliphatic hydroxyl groups excluding tert-OH is 1. The maximum atomic E-state index is 8.61. The van der Waals surface area contributed by atoms with E-state index in [1.54, 1.807) is 0 Å². The van der Waals surface area contributed by atoms with Gasteiger partial charge in [-0.2, -0.15) is 0 Å². The molecule has 1 aliphatic rings. The normalized spacial score (nSPS) is 33.0. The van der Waals surface area contributed by atoms with E-state index in [1.165, 1.54) is 0 Å². The van der Waals surface area contributed by atoms with Crippen LogP contribution >= 0.6 is 12.4 Å². The van der Waals surface area contributed by atoms with E-state index in [2.05, 4.69) is 0 Å². The fraction of sp³-hybridized carbons (Fsp3) is 1.00. The van der Waals surface area contributed by atoms with E-state index in [-0.39, 0.29) is 31.2 Å². The van der Waals surface area contributed by atoms with E-state index in [9.17, 15) is 0 Å². The van der Waals surface area contributed by atoms with Crippen LogP contribution in [0.2, 0.25) is 0 Å². The molecule has 0 aliphatic carbocycles. The molecule has 1 saturated heterocycles. The average Bonchev–Trinajstić information content (AvgIpc) is 1.90. The molecule has 3 nitrogen and oxygen atoms in total. The van der Waals surface area contributed by atoms with Crippen molar-refractivity contribution in [2.45, 2.75) is 25.0 Å². The summed E-state index contributed by atoms with van der Waals surface area (Å²) in [5, 5.41) is 8.61. The Morgan fingerprint density at radius 2 is 2.20 bits per heavy atom. The Kier molecular flexibility index (Phi) is 4.99. The summed E-state index contributed by atoms with van der Waals surface area (Å²) in [6, 6.07) is 0.188. The molecule has 4 heteroatoms. The quantitative estimate of drug-likeness (QED) is 0.574. The standard InChI is InChI=1S/C6H13NO2.ClH/c7-5-1-2-6(3-8)9-4-5;/h5-6,8H,1-4,7H2;1H/t5-,6?;/m0./s1. The minimum absolute atomic E-state index is 0. The largest absolute Gasteiger partial charge is 0.394 e. The maximum Gasteiger partial charge on any atom is 0.0807 e. The first-order valence-electron chi connectivity index (χ1n) is 3.31. The van der Waals surface area contributed by atoms with E-state index < -0.39 is 0 Å². The molecule has 1 heterocycles. The van der Waals surface area contributed by atoms with Gasteiger partial charge < -0.3 is 15.6 Å². The van der Waals surface area contributed by atoms with Crippen LogP contribution in [0.15, 0.2) is 0 Å². The minimum atomic E-state index is 0. The van der Waals surface area contributed by atoms with Gasteiger partial charge in [0.05, 0.1) is 19.3 Å². The number of halogens is 1. The number of ether oxygens (including phenoxy) is 1. The number of aliphatic hydroxyl groups is 1. The van der Waals surface area contributed by atoms with Crippen LogP contribution in [0.1, 0.15) is 12.8 Å². The van der Waals surface area contributed by atoms with Gasteiger partial charge in [0.25, 0.3) is 0 Å². The highest BCUT2D eigenvalue weighted by molar-refractivity contribution is 5.85. The fourth-order valence-corrected chi connectivity index (χ4v) is 0.970. The van der Waals surface area contributed by atoms with Crippen molar-refractivity contribution in [3.63, 3.8) is 0 Å². The first-order valence-corrected chi connectivity index (χ1v) is 3.31. The number of nitrogens with two attached hydrogens (primary N) is 1. The summed E-state index contributed by atoms with van der Waals surface area (Å²) >= 11 is 0. The Morgan fingerprint density at radius 3 is 2.60 bits per heavy atom. The summed E-state index contributed by atoms with van der Waals surface area (Å²) in [5.41, 5.74) is 5.55. The molecule has 1 aliphatic heterocycles. The van der Waals surface area contributed by atoms with E-state index in [4.69, 9.17) is 15.6 Å². The third kappa shape index (κ3) is 2.84. The molecule has 0 spiro atoms. The maximum absolute atomic E-state index is 8.61. The van der Waals surface area contributed by atoms with E-state index in [0.717, 1.165) is 12.8 Å². The smallest absolute Gasteiger partial charge is 0.0807 e. The second-order valence-electron chi connectivity index (χ2n) is 2.48. The fourth-order valence-electron chi connectivity index (χ4n) is 0.970. The van der Waals surface area contributed by atoms with Gasteiger partial charge in [0.15, 0.2) is 0 Å². The first-order chi connectivity index (χ1) is 4.33. The van der Waals surface area contributed by atoms with Crippen LogP contribution in [0.3, 0.4) is 0 Å². The molecule has 3 N–H and O–H groups in total. The molecule has 0 bridgehead atoms. The molecule has 62 valence electrons. The highest BCUT2D eigenvalue weighted by Crippen LogP contribution is 2.10. The van der Waals surface area contributed by atoms with Gasteiger partial charge in [0.2, 0.25) is 0 Å². The Bertz CT molecular complexity index is 83.8. The summed E-state index contributed by atoms with van der Waals surface area (Å²) in [4.78, 5) is 0. The van der Waals surface area contributed by atoms with E-state index in [1.807, 2.05) is 0 Å². The predicted octanol–water partition coefficient (Wildman–Crippen LogP) is -0.0932. The Labute approximate surface area is 67.0 Å². The molecular formula is C6H14ClNO2. The number of rotatable bonds is 1. The van der Waals surface area contributed by atoms with E-state index >= 15 is 0 Å². The van der Waals surface area contributed by atoms with E-state index in [0.29, 0.717) is 6.61 Å². The minimum Gasteiger partial charge on any atom is -0.394 e. The van der Waals surface area contributed by atoms with Gasteiger partial charge in [-0.3, -0.25) is 0 Å². The molecule has 1 rings (SSSR count). The molecule has 0 aromatic heterocycles. The highest BCUT2D eigenvalue weighted by Gasteiger charge is 2.17. The van der Waals surface area contributed by atoms with Crippen LogP contribution in [0.5, 0.6) is 0 Å². The zero-order valence-corrected chi connectivity index (χ0v) is 6.64. The Morgan fingerprint density at radius 1 is 1.50 bits per heavy atom. The van der Waals surface area contributed by atoms with Gasteiger partial charge in [-0.15, -0.1) is 12.4 Å². The molecular weight excluding hydrogens is 154 g/mol. The Balaban J connectivity index is 0.000000810. The van der Waals surface area contributed by atoms with Crippen molar-refractivity contribution in [3.05, 3.63) is 0 Å². The zero-order valence-electron chi connectivity index (χ0n) is 5.82. The Hall–Kier alpha value is 0.170. The number of hydrogen-bond donors (Lipinski definition) is 2. The zero-order chi connectivity index (χ0) is 6.69. The lowest BCUT2D eigenvalue weighted by molar-refractivity contribution is -0.0254. The van der Waals surface area contributed by atoms with Crippen molar-refractivity contribution in [3.8, 4) is 0 Å². The van der Waals surface area contributed by atoms with Crippen LogP contribution < -0.4 is 5.73 Å². The predicted molar refractivity (Wildman–Crippen MR) is 41.3 cm³/mol. The lowest BCUT2D eigenvalue weighted by atomic mass is 10.1. The summed E-state index contributed by atoms with van der Waals surface area (Å²) in [7, 11) is 0. The van der Waals surface area contributed by atoms with Crippen LogP contribution in [0.25, 0.3) is 0 Å². The van der Waals surface area contributed by atoms with Gasteiger partial charge in [0, 0.05) is 6.04 Å². The van der Waals surface area contributed by atoms with Crippen molar-refractivity contribution in [2.75, 3.05) is 13.2 Å². The lowest BCUT2D eigenvalue weighted by Gasteiger charge is -2.24. The molecule has 10 heavy (non-hydrogen) atoms. The van der Waals surface area contributed by atoms with Gasteiger partial charge in [-0.05, 0) is 12.8 Å². The molecule has 0 aromatic carbocycles. The third-order valence-corrected chi connectivity index (χ3v) is 1.61. The topological polar surface area (TPSA) is 55.5 Å². The second-order valence-corrected chi connectivity index (χ2v) is 2.48. The summed E-state index contributed by atoms with van der Waals surface area (Å²) in [5.74, 6) is 0. The average molecular weight is 168 g/mol. The molecule has 1 unspecified atom stereocenters. The highest BCUT2D eigenvalue weighted by atomic mass is 35.5. The monoisotopic (exact) mass is 167 g/mol. The summed E-state index contributed by atoms with van der Waals surface area (Å²) in [6.07, 6.45) is 1.92. The lowest BCUT2D eigenvalue weighted by Crippen LogP contribution is -2.36. The van der Waals surface area contributed by atoms with Crippen LogP contribution in [-0.4, -0.2) is 30.5 Å². The molecule has 0 radical (unpaired) electrons. The first kappa shape index (κ1) is 10.2. The SMILES string of the molecule is Cl.N[C@H]1CCC(CO)OC1. The van der Waals surface area contributed by atoms with Crippen molar-refractivity contribution in [2.24, 2.45) is 5.73 Å². The van der Waals surface area contributed by atoms with Gasteiger partial charge in [0.1, 0.15) is 0 Å². The molecule has 2 atom stereocenters. The van der Waals surface area contributed by atoms with Gasteiger partial charge in [-0.25, -0.2) is 0 Å². The summed E-state index contributed by atoms with van der Waals surface area (Å²) < 4.78 is 5.16. The van der Waals surface area contributed by atoms with Crippen molar-refractivity contribution in [1.82, 2.24) is 0 Å². The molecule has 1 fully saturated rings. The summed E-state index contributed by atoms with van der Waals surface area (Å²) in [6.45, 7) is 0.734. The van der Waals surface area contributed by atoms with Crippen LogP contribution in [0.4, 0.5) is 0 Å². The van der Waals surface area contributed by atoms with Gasteiger partial charge >= 0.3 is 0 Å². The third-order valence-electron chi connectivity index (χ3n) is 1.61. The van der Waals surface area contributed by atoms with Crippen molar-refractivity contribution in [1.29, 1.82) is 0 Å². The van der Waals surface area contributed by atoms with Crippen molar-refractivity contribution >= 4 is 12.4 Å². The molecule has 0 amide bonds. The second kappa shape index (κ2) is 4.91. The van der Waals surface area contributed by atoms with Gasteiger partial charge in [-0.1, -0.05) is 0 Å². The van der Waals surface area contributed by atoms with Crippen LogP contribution in [0, 0.1) is 0 Å². The molecule has 0 aromatic rings. The number of hydrogen-bond acceptors (Lipinski definition) is 3. The van der Waals surface area contributed by atoms with Crippen molar-refractivity contribution < 1.29 is 9.84 Å².